The van der Waals surface area contributed by atoms with Crippen LogP contribution in [-0.2, 0) is 21.9 Å². The summed E-state index contributed by atoms with van der Waals surface area (Å²) in [5.41, 5.74) is 3.48. The molecule has 0 aliphatic carbocycles. The minimum atomic E-state index is -0.491. The quantitative estimate of drug-likeness (QED) is 0.489. The zero-order chi connectivity index (χ0) is 21.8. The van der Waals surface area contributed by atoms with Gasteiger partial charge in [0.05, 0.1) is 0 Å². The fourth-order valence-electron chi connectivity index (χ4n) is 3.08. The van der Waals surface area contributed by atoms with Gasteiger partial charge in [0.1, 0.15) is 6.04 Å². The van der Waals surface area contributed by atoms with E-state index in [1.165, 1.54) is 11.1 Å². The molecule has 0 aliphatic heterocycles. The van der Waals surface area contributed by atoms with Crippen LogP contribution in [0, 0.1) is 6.92 Å². The molecular weight excluding hydrogens is 392 g/mol. The number of amides is 2. The number of hydrogen-bond donors (Lipinski definition) is 1. The number of nitrogens with one attached hydrogen (secondary N) is 1. The molecule has 162 valence electrons. The Morgan fingerprint density at radius 2 is 1.73 bits per heavy atom. The van der Waals surface area contributed by atoms with Crippen LogP contribution < -0.4 is 5.32 Å². The number of carbonyl (C=O) groups excluding carboxylic acids is 2. The van der Waals surface area contributed by atoms with Crippen LogP contribution in [0.15, 0.2) is 54.6 Å². The Kier molecular flexibility index (Phi) is 10.5. The molecule has 0 bridgehead atoms. The highest BCUT2D eigenvalue weighted by Crippen LogP contribution is 2.16. The van der Waals surface area contributed by atoms with Crippen LogP contribution in [0.25, 0.3) is 0 Å². The fraction of sp³-hybridized carbons (Fsp3) is 0.440. The minimum Gasteiger partial charge on any atom is -0.354 e. The lowest BCUT2D eigenvalue weighted by atomic mass is 10.1. The van der Waals surface area contributed by atoms with Crippen molar-refractivity contribution in [2.24, 2.45) is 0 Å². The van der Waals surface area contributed by atoms with E-state index in [1.807, 2.05) is 56.3 Å². The summed E-state index contributed by atoms with van der Waals surface area (Å²) in [5.74, 6) is 1.57. The van der Waals surface area contributed by atoms with Gasteiger partial charge in [0, 0.05) is 31.0 Å². The van der Waals surface area contributed by atoms with Crippen molar-refractivity contribution < 1.29 is 9.59 Å². The third-order valence-corrected chi connectivity index (χ3v) is 6.07. The summed E-state index contributed by atoms with van der Waals surface area (Å²) in [4.78, 5) is 27.4. The third-order valence-electron chi connectivity index (χ3n) is 5.04. The molecule has 0 aliphatic rings. The van der Waals surface area contributed by atoms with Crippen LogP contribution >= 0.6 is 11.8 Å². The van der Waals surface area contributed by atoms with Gasteiger partial charge in [-0.1, -0.05) is 73.5 Å². The van der Waals surface area contributed by atoms with Gasteiger partial charge in [0.25, 0.3) is 0 Å². The first kappa shape index (κ1) is 24.0. The number of thioether (sulfide) groups is 1. The predicted molar refractivity (Wildman–Crippen MR) is 126 cm³/mol. The van der Waals surface area contributed by atoms with Gasteiger partial charge < -0.3 is 10.2 Å². The topological polar surface area (TPSA) is 49.4 Å². The molecule has 2 rings (SSSR count). The Morgan fingerprint density at radius 3 is 2.40 bits per heavy atom. The van der Waals surface area contributed by atoms with E-state index in [4.69, 9.17) is 0 Å². The summed E-state index contributed by atoms with van der Waals surface area (Å²) >= 11 is 1.75. The van der Waals surface area contributed by atoms with Crippen molar-refractivity contribution in [2.45, 2.75) is 58.4 Å². The van der Waals surface area contributed by atoms with Crippen LogP contribution in [0.2, 0.25) is 0 Å². The van der Waals surface area contributed by atoms with Gasteiger partial charge in [-0.2, -0.15) is 11.8 Å². The average molecular weight is 427 g/mol. The molecule has 2 amide bonds. The van der Waals surface area contributed by atoms with Gasteiger partial charge in [-0.3, -0.25) is 9.59 Å². The molecular formula is C25H34N2O2S. The second-order valence-electron chi connectivity index (χ2n) is 7.62. The van der Waals surface area contributed by atoms with Gasteiger partial charge in [0.15, 0.2) is 0 Å². The average Bonchev–Trinajstić information content (AvgIpc) is 2.76. The summed E-state index contributed by atoms with van der Waals surface area (Å²) < 4.78 is 0. The molecule has 0 radical (unpaired) electrons. The minimum absolute atomic E-state index is 0.0225. The Morgan fingerprint density at radius 1 is 1.03 bits per heavy atom. The van der Waals surface area contributed by atoms with Crippen molar-refractivity contribution in [3.63, 3.8) is 0 Å². The lowest BCUT2D eigenvalue weighted by Crippen LogP contribution is -2.47. The highest BCUT2D eigenvalue weighted by Gasteiger charge is 2.25. The van der Waals surface area contributed by atoms with Gasteiger partial charge >= 0.3 is 0 Å². The third kappa shape index (κ3) is 8.23. The van der Waals surface area contributed by atoms with E-state index in [0.29, 0.717) is 19.5 Å². The monoisotopic (exact) mass is 426 g/mol. The van der Waals surface area contributed by atoms with E-state index in [2.05, 4.69) is 24.4 Å². The van der Waals surface area contributed by atoms with Crippen molar-refractivity contribution >= 4 is 23.6 Å². The lowest BCUT2D eigenvalue weighted by molar-refractivity contribution is -0.140. The Labute approximate surface area is 185 Å². The highest BCUT2D eigenvalue weighted by molar-refractivity contribution is 7.98. The predicted octanol–water partition coefficient (Wildman–Crippen LogP) is 4.95. The number of unbranched alkanes of at least 4 members (excludes halogenated alkanes) is 1. The van der Waals surface area contributed by atoms with Crippen LogP contribution in [0.4, 0.5) is 0 Å². The Bertz CT molecular complexity index is 777. The summed E-state index contributed by atoms with van der Waals surface area (Å²) in [6, 6.07) is 17.9. The summed E-state index contributed by atoms with van der Waals surface area (Å²) in [6.45, 7) is 7.06. The number of aryl methyl sites for hydroxylation is 1. The maximum Gasteiger partial charge on any atom is 0.242 e. The van der Waals surface area contributed by atoms with Gasteiger partial charge in [-0.15, -0.1) is 0 Å². The Balaban J connectivity index is 1.96. The number of hydrogen-bond acceptors (Lipinski definition) is 3. The first-order valence-electron chi connectivity index (χ1n) is 10.8. The molecule has 1 N–H and O–H groups in total. The van der Waals surface area contributed by atoms with Crippen LogP contribution in [0.5, 0.6) is 0 Å². The van der Waals surface area contributed by atoms with Gasteiger partial charge in [-0.25, -0.2) is 0 Å². The zero-order valence-corrected chi connectivity index (χ0v) is 19.2. The van der Waals surface area contributed by atoms with E-state index >= 15 is 0 Å². The summed E-state index contributed by atoms with van der Waals surface area (Å²) in [5, 5.41) is 2.96. The first-order chi connectivity index (χ1) is 14.5. The van der Waals surface area contributed by atoms with Crippen LogP contribution in [-0.4, -0.2) is 35.1 Å². The number of rotatable bonds is 12. The van der Waals surface area contributed by atoms with Gasteiger partial charge in [-0.05, 0) is 31.4 Å². The van der Waals surface area contributed by atoms with E-state index < -0.39 is 6.04 Å². The fourth-order valence-corrected chi connectivity index (χ4v) is 3.97. The van der Waals surface area contributed by atoms with E-state index in [-0.39, 0.29) is 11.8 Å². The first-order valence-corrected chi connectivity index (χ1v) is 11.9. The summed E-state index contributed by atoms with van der Waals surface area (Å²) in [6.07, 6.45) is 2.40. The molecule has 2 aromatic carbocycles. The highest BCUT2D eigenvalue weighted by atomic mass is 32.2. The summed E-state index contributed by atoms with van der Waals surface area (Å²) in [7, 11) is 0. The van der Waals surface area contributed by atoms with Crippen molar-refractivity contribution in [1.82, 2.24) is 10.2 Å². The molecule has 1 atom stereocenters. The van der Waals surface area contributed by atoms with Crippen molar-refractivity contribution in [3.8, 4) is 0 Å². The zero-order valence-electron chi connectivity index (χ0n) is 18.4. The number of carbonyl (C=O) groups is 2. The smallest absolute Gasteiger partial charge is 0.242 e. The maximum absolute atomic E-state index is 13.0. The molecule has 0 fully saturated rings. The van der Waals surface area contributed by atoms with Crippen molar-refractivity contribution in [1.29, 1.82) is 0 Å². The molecule has 30 heavy (non-hydrogen) atoms. The normalized spacial score (nSPS) is 11.7. The number of benzene rings is 2. The number of nitrogens with zero attached hydrogens (tertiary/aromatic N) is 1. The molecule has 1 unspecified atom stereocenters. The SMILES string of the molecule is CCCCNC(=O)C(C)N(Cc1ccc(C)cc1)C(=O)CCSCc1ccccc1. The lowest BCUT2D eigenvalue weighted by Gasteiger charge is -2.29. The van der Waals surface area contributed by atoms with Gasteiger partial charge in [0.2, 0.25) is 11.8 Å². The van der Waals surface area contributed by atoms with E-state index in [1.54, 1.807) is 16.7 Å². The maximum atomic E-state index is 13.0. The molecule has 0 saturated carbocycles. The van der Waals surface area contributed by atoms with Crippen LogP contribution in [0.1, 0.15) is 49.8 Å². The van der Waals surface area contributed by atoms with Crippen molar-refractivity contribution in [3.05, 3.63) is 71.3 Å². The molecule has 0 heterocycles. The molecule has 2 aromatic rings. The van der Waals surface area contributed by atoms with Crippen LogP contribution in [0.3, 0.4) is 0 Å². The molecule has 4 nitrogen and oxygen atoms in total. The molecule has 0 aromatic heterocycles. The van der Waals surface area contributed by atoms with E-state index in [0.717, 1.165) is 29.9 Å². The standard InChI is InChI=1S/C25H34N2O2S/c1-4-5-16-26-25(29)21(3)27(18-22-13-11-20(2)12-14-22)24(28)15-17-30-19-23-9-7-6-8-10-23/h6-14,21H,4-5,15-19H2,1-3H3,(H,26,29). The second-order valence-corrected chi connectivity index (χ2v) is 8.72. The molecule has 0 spiro atoms. The molecule has 5 heteroatoms. The Hall–Kier alpha value is -2.27. The van der Waals surface area contributed by atoms with E-state index in [9.17, 15) is 9.59 Å². The molecule has 0 saturated heterocycles. The second kappa shape index (κ2) is 13.1. The van der Waals surface area contributed by atoms with Crippen molar-refractivity contribution in [2.75, 3.05) is 12.3 Å². The largest absolute Gasteiger partial charge is 0.354 e.